The largest absolute Gasteiger partial charge is 0.453 e. The van der Waals surface area contributed by atoms with Crippen molar-refractivity contribution in [2.24, 2.45) is 0 Å². The molecule has 14 heavy (non-hydrogen) atoms. The highest BCUT2D eigenvalue weighted by Crippen LogP contribution is 2.18. The lowest BCUT2D eigenvalue weighted by atomic mass is 10.1. The molecule has 0 amide bonds. The second-order valence-electron chi connectivity index (χ2n) is 3.18. The number of benzene rings is 1. The Morgan fingerprint density at radius 2 is 2.00 bits per heavy atom. The van der Waals surface area contributed by atoms with Crippen LogP contribution in [0.2, 0.25) is 0 Å². The molecule has 0 heterocycles. The van der Waals surface area contributed by atoms with Gasteiger partial charge in [-0.15, -0.1) is 0 Å². The van der Waals surface area contributed by atoms with E-state index in [1.54, 1.807) is 6.08 Å². The van der Waals surface area contributed by atoms with Crippen LogP contribution in [0.15, 0.2) is 36.9 Å². The van der Waals surface area contributed by atoms with Crippen LogP contribution in [-0.4, -0.2) is 5.97 Å². The maximum atomic E-state index is 10.8. The Balaban J connectivity index is 2.84. The SMILES string of the molecule is C=CC(OC(C)=O)c1ccc(C)cc1. The van der Waals surface area contributed by atoms with Gasteiger partial charge in [0.25, 0.3) is 0 Å². The number of rotatable bonds is 3. The molecule has 0 radical (unpaired) electrons. The molecule has 0 aliphatic carbocycles. The summed E-state index contributed by atoms with van der Waals surface area (Å²) in [7, 11) is 0. The molecule has 0 aliphatic heterocycles. The Morgan fingerprint density at radius 1 is 1.43 bits per heavy atom. The molecule has 0 bridgehead atoms. The zero-order valence-electron chi connectivity index (χ0n) is 8.49. The fourth-order valence-electron chi connectivity index (χ4n) is 1.19. The molecule has 74 valence electrons. The van der Waals surface area contributed by atoms with E-state index in [0.29, 0.717) is 0 Å². The number of ether oxygens (including phenoxy) is 1. The molecule has 1 rings (SSSR count). The minimum Gasteiger partial charge on any atom is -0.453 e. The van der Waals surface area contributed by atoms with Crippen LogP contribution in [0.5, 0.6) is 0 Å². The van der Waals surface area contributed by atoms with Gasteiger partial charge in [-0.1, -0.05) is 36.4 Å². The third-order valence-electron chi connectivity index (χ3n) is 1.91. The van der Waals surface area contributed by atoms with Crippen LogP contribution >= 0.6 is 0 Å². The second kappa shape index (κ2) is 4.61. The molecular weight excluding hydrogens is 176 g/mol. The molecule has 2 heteroatoms. The molecule has 0 N–H and O–H groups in total. The van der Waals surface area contributed by atoms with Gasteiger partial charge in [0, 0.05) is 6.92 Å². The summed E-state index contributed by atoms with van der Waals surface area (Å²) in [4.78, 5) is 10.8. The van der Waals surface area contributed by atoms with E-state index in [0.717, 1.165) is 5.56 Å². The lowest BCUT2D eigenvalue weighted by molar-refractivity contribution is -0.144. The Hall–Kier alpha value is -1.57. The molecule has 0 aromatic heterocycles. The zero-order chi connectivity index (χ0) is 10.6. The quantitative estimate of drug-likeness (QED) is 0.541. The molecule has 0 aliphatic rings. The van der Waals surface area contributed by atoms with Gasteiger partial charge in [-0.2, -0.15) is 0 Å². The van der Waals surface area contributed by atoms with Crippen LogP contribution in [-0.2, 0) is 9.53 Å². The van der Waals surface area contributed by atoms with Crippen molar-refractivity contribution in [3.05, 3.63) is 48.0 Å². The minimum absolute atomic E-state index is 0.296. The first kappa shape index (κ1) is 10.5. The van der Waals surface area contributed by atoms with Crippen LogP contribution in [0.1, 0.15) is 24.2 Å². The zero-order valence-corrected chi connectivity index (χ0v) is 8.49. The summed E-state index contributed by atoms with van der Waals surface area (Å²) in [5.41, 5.74) is 2.13. The van der Waals surface area contributed by atoms with E-state index in [4.69, 9.17) is 4.74 Å². The summed E-state index contributed by atoms with van der Waals surface area (Å²) in [5, 5.41) is 0. The van der Waals surface area contributed by atoms with Gasteiger partial charge in [0.1, 0.15) is 6.10 Å². The highest BCUT2D eigenvalue weighted by Gasteiger charge is 2.09. The van der Waals surface area contributed by atoms with Crippen molar-refractivity contribution in [2.75, 3.05) is 0 Å². The van der Waals surface area contributed by atoms with Crippen LogP contribution in [0.3, 0.4) is 0 Å². The first-order valence-corrected chi connectivity index (χ1v) is 4.50. The number of hydrogen-bond acceptors (Lipinski definition) is 2. The first-order valence-electron chi connectivity index (χ1n) is 4.50. The normalized spacial score (nSPS) is 11.9. The maximum absolute atomic E-state index is 10.8. The van der Waals surface area contributed by atoms with Crippen LogP contribution in [0, 0.1) is 6.92 Å². The van der Waals surface area contributed by atoms with Gasteiger partial charge in [-0.3, -0.25) is 4.79 Å². The van der Waals surface area contributed by atoms with Gasteiger partial charge in [0.2, 0.25) is 0 Å². The highest BCUT2D eigenvalue weighted by molar-refractivity contribution is 5.66. The fourth-order valence-corrected chi connectivity index (χ4v) is 1.19. The van der Waals surface area contributed by atoms with Crippen molar-refractivity contribution in [3.8, 4) is 0 Å². The summed E-state index contributed by atoms with van der Waals surface area (Å²) in [6.07, 6.45) is 1.28. The van der Waals surface area contributed by atoms with Gasteiger partial charge in [-0.05, 0) is 18.6 Å². The molecule has 1 unspecified atom stereocenters. The number of carbonyl (C=O) groups excluding carboxylic acids is 1. The maximum Gasteiger partial charge on any atom is 0.303 e. The molecule has 2 nitrogen and oxygen atoms in total. The van der Waals surface area contributed by atoms with Crippen molar-refractivity contribution in [1.29, 1.82) is 0 Å². The Labute approximate surface area is 84.2 Å². The lowest BCUT2D eigenvalue weighted by Crippen LogP contribution is -2.05. The topological polar surface area (TPSA) is 26.3 Å². The monoisotopic (exact) mass is 190 g/mol. The summed E-state index contributed by atoms with van der Waals surface area (Å²) in [6.45, 7) is 7.04. The second-order valence-corrected chi connectivity index (χ2v) is 3.18. The van der Waals surface area contributed by atoms with Gasteiger partial charge >= 0.3 is 5.97 Å². The average molecular weight is 190 g/mol. The molecular formula is C12H14O2. The molecule has 0 saturated heterocycles. The van der Waals surface area contributed by atoms with Gasteiger partial charge < -0.3 is 4.74 Å². The number of esters is 1. The van der Waals surface area contributed by atoms with Crippen LogP contribution in [0.4, 0.5) is 0 Å². The van der Waals surface area contributed by atoms with Crippen molar-refractivity contribution in [1.82, 2.24) is 0 Å². The van der Waals surface area contributed by atoms with Crippen molar-refractivity contribution in [3.63, 3.8) is 0 Å². The van der Waals surface area contributed by atoms with E-state index in [-0.39, 0.29) is 12.1 Å². The third kappa shape index (κ3) is 2.73. The van der Waals surface area contributed by atoms with Crippen molar-refractivity contribution in [2.45, 2.75) is 20.0 Å². The molecule has 0 saturated carbocycles. The summed E-state index contributed by atoms with van der Waals surface area (Å²) in [5.74, 6) is -0.296. The van der Waals surface area contributed by atoms with Crippen molar-refractivity contribution < 1.29 is 9.53 Å². The minimum atomic E-state index is -0.340. The first-order chi connectivity index (χ1) is 6.63. The third-order valence-corrected chi connectivity index (χ3v) is 1.91. The van der Waals surface area contributed by atoms with Crippen LogP contribution < -0.4 is 0 Å². The van der Waals surface area contributed by atoms with E-state index < -0.39 is 0 Å². The lowest BCUT2D eigenvalue weighted by Gasteiger charge is -2.12. The van der Waals surface area contributed by atoms with Gasteiger partial charge in [0.15, 0.2) is 0 Å². The summed E-state index contributed by atoms with van der Waals surface area (Å²) < 4.78 is 5.07. The average Bonchev–Trinajstić information content (AvgIpc) is 2.15. The standard InChI is InChI=1S/C12H14O2/c1-4-12(14-10(3)13)11-7-5-9(2)6-8-11/h4-8,12H,1H2,2-3H3. The van der Waals surface area contributed by atoms with Gasteiger partial charge in [-0.25, -0.2) is 0 Å². The number of hydrogen-bond donors (Lipinski definition) is 0. The van der Waals surface area contributed by atoms with E-state index in [2.05, 4.69) is 6.58 Å². The summed E-state index contributed by atoms with van der Waals surface area (Å²) >= 11 is 0. The van der Waals surface area contributed by atoms with E-state index >= 15 is 0 Å². The molecule has 1 aromatic rings. The molecule has 0 fully saturated rings. The van der Waals surface area contributed by atoms with E-state index in [1.807, 2.05) is 31.2 Å². The predicted octanol–water partition coefficient (Wildman–Crippen LogP) is 2.79. The van der Waals surface area contributed by atoms with Crippen molar-refractivity contribution >= 4 is 5.97 Å². The van der Waals surface area contributed by atoms with E-state index in [9.17, 15) is 4.79 Å². The Morgan fingerprint density at radius 3 is 2.43 bits per heavy atom. The predicted molar refractivity (Wildman–Crippen MR) is 55.9 cm³/mol. The van der Waals surface area contributed by atoms with E-state index in [1.165, 1.54) is 12.5 Å². The van der Waals surface area contributed by atoms with Crippen LogP contribution in [0.25, 0.3) is 0 Å². The number of carbonyl (C=O) groups is 1. The fraction of sp³-hybridized carbons (Fsp3) is 0.250. The van der Waals surface area contributed by atoms with Gasteiger partial charge in [0.05, 0.1) is 0 Å². The smallest absolute Gasteiger partial charge is 0.303 e. The molecule has 1 aromatic carbocycles. The Bertz CT molecular complexity index is 325. The highest BCUT2D eigenvalue weighted by atomic mass is 16.5. The molecule has 1 atom stereocenters. The molecule has 0 spiro atoms. The summed E-state index contributed by atoms with van der Waals surface area (Å²) in [6, 6.07) is 7.83. The Kier molecular flexibility index (Phi) is 3.46. The number of aryl methyl sites for hydroxylation is 1.